The van der Waals surface area contributed by atoms with Gasteiger partial charge in [0.1, 0.15) is 0 Å². The molecule has 3 nitrogen and oxygen atoms in total. The first-order valence-electron chi connectivity index (χ1n) is 7.96. The van der Waals surface area contributed by atoms with E-state index in [2.05, 4.69) is 5.32 Å². The molecule has 0 saturated carbocycles. The summed E-state index contributed by atoms with van der Waals surface area (Å²) in [4.78, 5) is 0. The Bertz CT molecular complexity index is 317. The van der Waals surface area contributed by atoms with Crippen molar-refractivity contribution in [3.05, 3.63) is 0 Å². The lowest BCUT2D eigenvalue weighted by Gasteiger charge is -2.40. The number of halogens is 3. The van der Waals surface area contributed by atoms with Crippen molar-refractivity contribution in [3.8, 4) is 0 Å². The van der Waals surface area contributed by atoms with E-state index >= 15 is 0 Å². The molecule has 1 N–H and O–H groups in total. The first-order chi connectivity index (χ1) is 9.94. The molecule has 0 bridgehead atoms. The zero-order valence-corrected chi connectivity index (χ0v) is 12.7. The van der Waals surface area contributed by atoms with Gasteiger partial charge in [-0.15, -0.1) is 0 Å². The SMILES string of the molecule is CCCNC(CCC(F)(F)F)C1CCOC2(CCOC2)C1. The van der Waals surface area contributed by atoms with Crippen LogP contribution in [0.3, 0.4) is 0 Å². The second-order valence-corrected chi connectivity index (χ2v) is 6.30. The van der Waals surface area contributed by atoms with E-state index in [0.717, 1.165) is 32.2 Å². The van der Waals surface area contributed by atoms with E-state index in [0.29, 0.717) is 19.8 Å². The van der Waals surface area contributed by atoms with Gasteiger partial charge in [-0.25, -0.2) is 0 Å². The Morgan fingerprint density at radius 2 is 2.14 bits per heavy atom. The highest BCUT2D eigenvalue weighted by atomic mass is 19.4. The van der Waals surface area contributed by atoms with Crippen LogP contribution in [0.5, 0.6) is 0 Å². The lowest BCUT2D eigenvalue weighted by Crippen LogP contribution is -2.47. The van der Waals surface area contributed by atoms with Gasteiger partial charge in [-0.2, -0.15) is 13.2 Å². The molecule has 0 aromatic carbocycles. The Kier molecular flexibility index (Phi) is 5.91. The number of hydrogen-bond acceptors (Lipinski definition) is 3. The fourth-order valence-electron chi connectivity index (χ4n) is 3.43. The number of ether oxygens (including phenoxy) is 2. The molecule has 3 unspecified atom stereocenters. The zero-order chi connectivity index (χ0) is 15.3. The molecule has 2 saturated heterocycles. The van der Waals surface area contributed by atoms with Crippen LogP contribution in [0.2, 0.25) is 0 Å². The third-order valence-electron chi connectivity index (χ3n) is 4.56. The van der Waals surface area contributed by atoms with Crippen molar-refractivity contribution in [2.45, 2.75) is 63.3 Å². The zero-order valence-electron chi connectivity index (χ0n) is 12.7. The highest BCUT2D eigenvalue weighted by molar-refractivity contribution is 4.93. The minimum atomic E-state index is -4.08. The van der Waals surface area contributed by atoms with Gasteiger partial charge in [0.15, 0.2) is 0 Å². The smallest absolute Gasteiger partial charge is 0.378 e. The van der Waals surface area contributed by atoms with Gasteiger partial charge < -0.3 is 14.8 Å². The quantitative estimate of drug-likeness (QED) is 0.817. The molecule has 2 aliphatic heterocycles. The van der Waals surface area contributed by atoms with E-state index in [4.69, 9.17) is 9.47 Å². The van der Waals surface area contributed by atoms with Gasteiger partial charge in [-0.3, -0.25) is 0 Å². The Morgan fingerprint density at radius 3 is 2.76 bits per heavy atom. The number of hydrogen-bond donors (Lipinski definition) is 1. The molecule has 21 heavy (non-hydrogen) atoms. The van der Waals surface area contributed by atoms with Crippen LogP contribution in [0.25, 0.3) is 0 Å². The first-order valence-corrected chi connectivity index (χ1v) is 7.96. The molecule has 0 aliphatic carbocycles. The van der Waals surface area contributed by atoms with E-state index in [-0.39, 0.29) is 24.0 Å². The minimum absolute atomic E-state index is 0.0760. The summed E-state index contributed by atoms with van der Waals surface area (Å²) >= 11 is 0. The molecule has 2 heterocycles. The summed E-state index contributed by atoms with van der Waals surface area (Å²) in [5, 5.41) is 3.32. The van der Waals surface area contributed by atoms with Crippen molar-refractivity contribution in [1.82, 2.24) is 5.32 Å². The summed E-state index contributed by atoms with van der Waals surface area (Å²) in [7, 11) is 0. The van der Waals surface area contributed by atoms with Crippen LogP contribution in [0.4, 0.5) is 13.2 Å². The Balaban J connectivity index is 1.94. The van der Waals surface area contributed by atoms with Crippen molar-refractivity contribution in [2.75, 3.05) is 26.4 Å². The van der Waals surface area contributed by atoms with E-state index in [9.17, 15) is 13.2 Å². The largest absolute Gasteiger partial charge is 0.389 e. The lowest BCUT2D eigenvalue weighted by molar-refractivity contribution is -0.140. The van der Waals surface area contributed by atoms with E-state index < -0.39 is 12.6 Å². The number of nitrogens with one attached hydrogen (secondary N) is 1. The van der Waals surface area contributed by atoms with Crippen LogP contribution in [-0.2, 0) is 9.47 Å². The molecule has 6 heteroatoms. The van der Waals surface area contributed by atoms with Crippen LogP contribution in [0, 0.1) is 5.92 Å². The summed E-state index contributed by atoms with van der Waals surface area (Å²) in [6.07, 6.45) is -1.19. The molecule has 0 amide bonds. The van der Waals surface area contributed by atoms with Crippen LogP contribution >= 0.6 is 0 Å². The molecular formula is C15H26F3NO2. The van der Waals surface area contributed by atoms with Gasteiger partial charge in [0, 0.05) is 32.1 Å². The first kappa shape index (κ1) is 17.0. The van der Waals surface area contributed by atoms with E-state index in [1.165, 1.54) is 0 Å². The standard InChI is InChI=1S/C15H26F3NO2/c1-2-7-19-13(3-5-15(16,17)18)12-4-8-21-14(10-12)6-9-20-11-14/h12-13,19H,2-11H2,1H3. The van der Waals surface area contributed by atoms with Gasteiger partial charge in [0.05, 0.1) is 12.2 Å². The van der Waals surface area contributed by atoms with Crippen LogP contribution in [0.15, 0.2) is 0 Å². The van der Waals surface area contributed by atoms with E-state index in [1.807, 2.05) is 6.92 Å². The number of rotatable bonds is 6. The maximum Gasteiger partial charge on any atom is 0.389 e. The third-order valence-corrected chi connectivity index (χ3v) is 4.56. The molecule has 0 aromatic heterocycles. The Hall–Kier alpha value is -0.330. The molecular weight excluding hydrogens is 283 g/mol. The van der Waals surface area contributed by atoms with Gasteiger partial charge in [-0.05, 0) is 38.1 Å². The summed E-state index contributed by atoms with van der Waals surface area (Å²) in [5.74, 6) is 0.245. The van der Waals surface area contributed by atoms with Gasteiger partial charge in [-0.1, -0.05) is 6.92 Å². The van der Waals surface area contributed by atoms with Crippen molar-refractivity contribution >= 4 is 0 Å². The summed E-state index contributed by atoms with van der Waals surface area (Å²) < 4.78 is 48.9. The van der Waals surface area contributed by atoms with Crippen molar-refractivity contribution in [3.63, 3.8) is 0 Å². The monoisotopic (exact) mass is 309 g/mol. The van der Waals surface area contributed by atoms with Crippen LogP contribution < -0.4 is 5.32 Å². The van der Waals surface area contributed by atoms with Gasteiger partial charge in [0.25, 0.3) is 0 Å². The molecule has 2 rings (SSSR count). The fourth-order valence-corrected chi connectivity index (χ4v) is 3.43. The highest BCUT2D eigenvalue weighted by Gasteiger charge is 2.43. The third kappa shape index (κ3) is 5.11. The second-order valence-electron chi connectivity index (χ2n) is 6.30. The normalized spacial score (nSPS) is 31.7. The maximum absolute atomic E-state index is 12.5. The predicted octanol–water partition coefficient (Wildman–Crippen LogP) is 3.28. The van der Waals surface area contributed by atoms with Crippen molar-refractivity contribution < 1.29 is 22.6 Å². The van der Waals surface area contributed by atoms with E-state index in [1.54, 1.807) is 0 Å². The average molecular weight is 309 g/mol. The lowest BCUT2D eigenvalue weighted by atomic mass is 9.79. The van der Waals surface area contributed by atoms with Gasteiger partial charge in [0.2, 0.25) is 0 Å². The van der Waals surface area contributed by atoms with Crippen LogP contribution in [0.1, 0.15) is 45.4 Å². The summed E-state index contributed by atoms with van der Waals surface area (Å²) in [5.41, 5.74) is -0.243. The Morgan fingerprint density at radius 1 is 1.33 bits per heavy atom. The van der Waals surface area contributed by atoms with Crippen LogP contribution in [-0.4, -0.2) is 44.2 Å². The Labute approximate surface area is 124 Å². The molecule has 124 valence electrons. The predicted molar refractivity (Wildman–Crippen MR) is 74.2 cm³/mol. The number of alkyl halides is 3. The summed E-state index contributed by atoms with van der Waals surface area (Å²) in [6, 6.07) is -0.0760. The minimum Gasteiger partial charge on any atom is -0.378 e. The van der Waals surface area contributed by atoms with Gasteiger partial charge >= 0.3 is 6.18 Å². The van der Waals surface area contributed by atoms with Crippen molar-refractivity contribution in [2.24, 2.45) is 5.92 Å². The fraction of sp³-hybridized carbons (Fsp3) is 1.00. The molecule has 2 fully saturated rings. The molecule has 2 aliphatic rings. The molecule has 0 radical (unpaired) electrons. The topological polar surface area (TPSA) is 30.5 Å². The highest BCUT2D eigenvalue weighted by Crippen LogP contribution is 2.38. The molecule has 0 aromatic rings. The molecule has 3 atom stereocenters. The molecule has 1 spiro atoms. The summed E-state index contributed by atoms with van der Waals surface area (Å²) in [6.45, 7) is 4.71. The maximum atomic E-state index is 12.5. The average Bonchev–Trinajstić information content (AvgIpc) is 2.85. The second kappa shape index (κ2) is 7.29. The van der Waals surface area contributed by atoms with Crippen molar-refractivity contribution in [1.29, 1.82) is 0 Å².